The van der Waals surface area contributed by atoms with E-state index in [1.165, 1.54) is 24.0 Å². The number of ether oxygens (including phenoxy) is 1. The molecule has 1 aliphatic heterocycles. The molecule has 0 saturated carbocycles. The third-order valence-corrected chi connectivity index (χ3v) is 3.85. The maximum atomic E-state index is 5.89. The van der Waals surface area contributed by atoms with Gasteiger partial charge in [0, 0.05) is 6.54 Å². The number of likely N-dealkylation sites (tertiary alicyclic amines) is 1. The molecule has 0 amide bonds. The molecule has 18 heavy (non-hydrogen) atoms. The molecular weight excluding hydrogens is 224 g/mol. The molecule has 1 aliphatic rings. The maximum absolute atomic E-state index is 5.89. The van der Waals surface area contributed by atoms with Gasteiger partial charge in [0.25, 0.3) is 0 Å². The quantitative estimate of drug-likeness (QED) is 0.867. The normalized spacial score (nSPS) is 17.9. The molecule has 1 heterocycles. The second kappa shape index (κ2) is 6.21. The fourth-order valence-electron chi connectivity index (χ4n) is 2.43. The average molecular weight is 248 g/mol. The molecule has 1 fully saturated rings. The van der Waals surface area contributed by atoms with Gasteiger partial charge in [0.15, 0.2) is 0 Å². The molecule has 0 bridgehead atoms. The van der Waals surface area contributed by atoms with Crippen LogP contribution in [0, 0.1) is 13.8 Å². The molecule has 1 saturated heterocycles. The van der Waals surface area contributed by atoms with Crippen LogP contribution in [0.4, 0.5) is 0 Å². The minimum absolute atomic E-state index is 0.356. The van der Waals surface area contributed by atoms with Gasteiger partial charge in [-0.25, -0.2) is 0 Å². The Labute approximate surface area is 110 Å². The van der Waals surface area contributed by atoms with Crippen LogP contribution in [0.5, 0.6) is 5.75 Å². The summed E-state index contributed by atoms with van der Waals surface area (Å²) in [7, 11) is 0. The molecule has 1 unspecified atom stereocenters. The fourth-order valence-corrected chi connectivity index (χ4v) is 2.43. The van der Waals surface area contributed by atoms with Gasteiger partial charge in [0.1, 0.15) is 12.4 Å². The molecule has 1 atom stereocenters. The zero-order chi connectivity index (χ0) is 13.0. The lowest BCUT2D eigenvalue weighted by molar-refractivity contribution is 0.164. The number of aryl methyl sites for hydroxylation is 2. The highest BCUT2D eigenvalue weighted by Crippen LogP contribution is 2.18. The summed E-state index contributed by atoms with van der Waals surface area (Å²) in [6.45, 7) is 7.93. The van der Waals surface area contributed by atoms with Gasteiger partial charge in [-0.2, -0.15) is 0 Å². The first-order valence-corrected chi connectivity index (χ1v) is 6.85. The van der Waals surface area contributed by atoms with Gasteiger partial charge in [-0.05, 0) is 63.0 Å². The van der Waals surface area contributed by atoms with Crippen LogP contribution >= 0.6 is 0 Å². The highest BCUT2D eigenvalue weighted by Gasteiger charge is 2.21. The van der Waals surface area contributed by atoms with E-state index >= 15 is 0 Å². The van der Waals surface area contributed by atoms with E-state index in [4.69, 9.17) is 10.5 Å². The third kappa shape index (κ3) is 3.24. The zero-order valence-electron chi connectivity index (χ0n) is 11.5. The molecule has 3 nitrogen and oxygen atoms in total. The van der Waals surface area contributed by atoms with E-state index in [0.29, 0.717) is 19.2 Å². The summed E-state index contributed by atoms with van der Waals surface area (Å²) in [6, 6.07) is 6.61. The van der Waals surface area contributed by atoms with Crippen molar-refractivity contribution in [1.29, 1.82) is 0 Å². The standard InChI is InChI=1S/C15H24N2O/c1-12-5-6-15(9-13(12)2)18-11-14(10-16)17-7-3-4-8-17/h5-6,9,14H,3-4,7-8,10-11,16H2,1-2H3. The van der Waals surface area contributed by atoms with E-state index < -0.39 is 0 Å². The third-order valence-electron chi connectivity index (χ3n) is 3.85. The first kappa shape index (κ1) is 13.4. The average Bonchev–Trinajstić information content (AvgIpc) is 2.88. The second-order valence-electron chi connectivity index (χ2n) is 5.19. The molecular formula is C15H24N2O. The summed E-state index contributed by atoms with van der Waals surface area (Å²) in [4.78, 5) is 2.45. The fraction of sp³-hybridized carbons (Fsp3) is 0.600. The Bertz CT molecular complexity index is 386. The van der Waals surface area contributed by atoms with E-state index in [2.05, 4.69) is 30.9 Å². The lowest BCUT2D eigenvalue weighted by Crippen LogP contribution is -2.42. The van der Waals surface area contributed by atoms with Crippen molar-refractivity contribution in [2.45, 2.75) is 32.7 Å². The number of nitrogens with two attached hydrogens (primary N) is 1. The molecule has 1 aromatic carbocycles. The van der Waals surface area contributed by atoms with Crippen molar-refractivity contribution < 1.29 is 4.74 Å². The van der Waals surface area contributed by atoms with Crippen molar-refractivity contribution in [3.05, 3.63) is 29.3 Å². The monoisotopic (exact) mass is 248 g/mol. The summed E-state index contributed by atoms with van der Waals surface area (Å²) in [5.74, 6) is 0.954. The van der Waals surface area contributed by atoms with Gasteiger partial charge in [-0.3, -0.25) is 4.90 Å². The number of hydrogen-bond donors (Lipinski definition) is 1. The van der Waals surface area contributed by atoms with E-state index in [0.717, 1.165) is 18.8 Å². The Morgan fingerprint density at radius 1 is 1.22 bits per heavy atom. The van der Waals surface area contributed by atoms with Gasteiger partial charge in [-0.1, -0.05) is 6.07 Å². The van der Waals surface area contributed by atoms with Crippen molar-refractivity contribution in [3.8, 4) is 5.75 Å². The first-order chi connectivity index (χ1) is 8.70. The van der Waals surface area contributed by atoms with Gasteiger partial charge >= 0.3 is 0 Å². The number of hydrogen-bond acceptors (Lipinski definition) is 3. The molecule has 1 aromatic rings. The minimum atomic E-state index is 0.356. The van der Waals surface area contributed by atoms with Crippen molar-refractivity contribution >= 4 is 0 Å². The Morgan fingerprint density at radius 3 is 2.56 bits per heavy atom. The van der Waals surface area contributed by atoms with Gasteiger partial charge in [0.2, 0.25) is 0 Å². The van der Waals surface area contributed by atoms with Gasteiger partial charge in [-0.15, -0.1) is 0 Å². The van der Waals surface area contributed by atoms with Crippen molar-refractivity contribution in [2.24, 2.45) is 5.73 Å². The Morgan fingerprint density at radius 2 is 1.94 bits per heavy atom. The Kier molecular flexibility index (Phi) is 4.61. The topological polar surface area (TPSA) is 38.5 Å². The van der Waals surface area contributed by atoms with Crippen LogP contribution in [0.1, 0.15) is 24.0 Å². The SMILES string of the molecule is Cc1ccc(OCC(CN)N2CCCC2)cc1C. The number of nitrogens with zero attached hydrogens (tertiary/aromatic N) is 1. The molecule has 2 rings (SSSR count). The van der Waals surface area contributed by atoms with Crippen molar-refractivity contribution in [2.75, 3.05) is 26.2 Å². The summed E-state index contributed by atoms with van der Waals surface area (Å²) in [5, 5.41) is 0. The van der Waals surface area contributed by atoms with Crippen LogP contribution in [0.3, 0.4) is 0 Å². The van der Waals surface area contributed by atoms with Crippen LogP contribution in [-0.4, -0.2) is 37.2 Å². The highest BCUT2D eigenvalue weighted by atomic mass is 16.5. The second-order valence-corrected chi connectivity index (χ2v) is 5.19. The molecule has 0 spiro atoms. The molecule has 0 radical (unpaired) electrons. The van der Waals surface area contributed by atoms with Gasteiger partial charge in [0.05, 0.1) is 6.04 Å². The predicted molar refractivity (Wildman–Crippen MR) is 75.1 cm³/mol. The van der Waals surface area contributed by atoms with E-state index in [-0.39, 0.29) is 0 Å². The molecule has 0 aromatic heterocycles. The van der Waals surface area contributed by atoms with Gasteiger partial charge < -0.3 is 10.5 Å². The minimum Gasteiger partial charge on any atom is -0.492 e. The summed E-state index contributed by atoms with van der Waals surface area (Å²) in [5.41, 5.74) is 8.43. The van der Waals surface area contributed by atoms with E-state index in [1.807, 2.05) is 6.07 Å². The number of rotatable bonds is 5. The smallest absolute Gasteiger partial charge is 0.119 e. The Hall–Kier alpha value is -1.06. The first-order valence-electron chi connectivity index (χ1n) is 6.85. The maximum Gasteiger partial charge on any atom is 0.119 e. The predicted octanol–water partition coefficient (Wildman–Crippen LogP) is 2.11. The highest BCUT2D eigenvalue weighted by molar-refractivity contribution is 5.33. The summed E-state index contributed by atoms with van der Waals surface area (Å²) in [6.07, 6.45) is 2.58. The van der Waals surface area contributed by atoms with Crippen LogP contribution < -0.4 is 10.5 Å². The lowest BCUT2D eigenvalue weighted by atomic mass is 10.1. The van der Waals surface area contributed by atoms with Crippen LogP contribution in [0.2, 0.25) is 0 Å². The molecule has 2 N–H and O–H groups in total. The zero-order valence-corrected chi connectivity index (χ0v) is 11.5. The van der Waals surface area contributed by atoms with E-state index in [9.17, 15) is 0 Å². The number of benzene rings is 1. The molecule has 3 heteroatoms. The van der Waals surface area contributed by atoms with Crippen molar-refractivity contribution in [1.82, 2.24) is 4.90 Å². The van der Waals surface area contributed by atoms with Crippen molar-refractivity contribution in [3.63, 3.8) is 0 Å². The van der Waals surface area contributed by atoms with Crippen LogP contribution in [0.25, 0.3) is 0 Å². The summed E-state index contributed by atoms with van der Waals surface area (Å²) < 4.78 is 5.89. The lowest BCUT2D eigenvalue weighted by Gasteiger charge is -2.26. The summed E-state index contributed by atoms with van der Waals surface area (Å²) >= 11 is 0. The molecule has 100 valence electrons. The van der Waals surface area contributed by atoms with E-state index in [1.54, 1.807) is 0 Å². The van der Waals surface area contributed by atoms with Crippen LogP contribution in [0.15, 0.2) is 18.2 Å². The Balaban J connectivity index is 1.90. The largest absolute Gasteiger partial charge is 0.492 e. The molecule has 0 aliphatic carbocycles. The van der Waals surface area contributed by atoms with Crippen LogP contribution in [-0.2, 0) is 0 Å².